The van der Waals surface area contributed by atoms with Gasteiger partial charge in [0.15, 0.2) is 5.82 Å². The Hall–Kier alpha value is -0.760. The maximum Gasteiger partial charge on any atom is 0.151 e. The first-order valence-corrected chi connectivity index (χ1v) is 5.72. The molecule has 0 aliphatic rings. The maximum atomic E-state index is 6.14. The predicted octanol–water partition coefficient (Wildman–Crippen LogP) is 4.01. The highest BCUT2D eigenvalue weighted by Gasteiger charge is 2.16. The quantitative estimate of drug-likeness (QED) is 0.762. The van der Waals surface area contributed by atoms with E-state index in [1.807, 2.05) is 19.9 Å². The summed E-state index contributed by atoms with van der Waals surface area (Å²) in [6, 6.07) is 0.412. The van der Waals surface area contributed by atoms with Gasteiger partial charge < -0.3 is 4.57 Å². The fourth-order valence-electron chi connectivity index (χ4n) is 1.45. The largest absolute Gasteiger partial charge is 0.327 e. The Kier molecular flexibility index (Phi) is 3.97. The van der Waals surface area contributed by atoms with E-state index < -0.39 is 0 Å². The average Bonchev–Trinajstić information content (AvgIpc) is 2.57. The lowest BCUT2D eigenvalue weighted by atomic mass is 10.1. The fraction of sp³-hybridized carbons (Fsp3) is 0.583. The van der Waals surface area contributed by atoms with Crippen molar-refractivity contribution in [3.05, 3.63) is 23.8 Å². The molecule has 0 aliphatic heterocycles. The van der Waals surface area contributed by atoms with Crippen molar-refractivity contribution in [2.24, 2.45) is 5.92 Å². The maximum absolute atomic E-state index is 6.14. The Morgan fingerprint density at radius 2 is 2.07 bits per heavy atom. The molecule has 3 heteroatoms. The SMILES string of the molecule is C/C=C(/Cl)c1nc(C)cn1C(C)C(C)C. The van der Waals surface area contributed by atoms with E-state index in [1.54, 1.807) is 0 Å². The number of halogens is 1. The van der Waals surface area contributed by atoms with Crippen molar-refractivity contribution in [1.82, 2.24) is 9.55 Å². The van der Waals surface area contributed by atoms with Crippen molar-refractivity contribution < 1.29 is 0 Å². The van der Waals surface area contributed by atoms with Crippen molar-refractivity contribution in [2.75, 3.05) is 0 Å². The van der Waals surface area contributed by atoms with Gasteiger partial charge in [-0.2, -0.15) is 0 Å². The van der Waals surface area contributed by atoms with Crippen LogP contribution in [0.15, 0.2) is 12.3 Å². The number of hydrogen-bond donors (Lipinski definition) is 0. The van der Waals surface area contributed by atoms with E-state index in [-0.39, 0.29) is 0 Å². The van der Waals surface area contributed by atoms with Crippen molar-refractivity contribution in [2.45, 2.75) is 40.7 Å². The zero-order valence-electron chi connectivity index (χ0n) is 10.1. The monoisotopic (exact) mass is 226 g/mol. The highest BCUT2D eigenvalue weighted by atomic mass is 35.5. The van der Waals surface area contributed by atoms with Crippen LogP contribution < -0.4 is 0 Å². The van der Waals surface area contributed by atoms with Gasteiger partial charge in [0, 0.05) is 12.2 Å². The molecular weight excluding hydrogens is 208 g/mol. The molecule has 0 aliphatic carbocycles. The Morgan fingerprint density at radius 3 is 2.53 bits per heavy atom. The second-order valence-electron chi connectivity index (χ2n) is 4.23. The van der Waals surface area contributed by atoms with Gasteiger partial charge in [-0.3, -0.25) is 0 Å². The first-order chi connectivity index (χ1) is 6.97. The Bertz CT molecular complexity index is 364. The molecule has 1 rings (SSSR count). The first kappa shape index (κ1) is 12.3. The molecule has 0 aromatic carbocycles. The smallest absolute Gasteiger partial charge is 0.151 e. The van der Waals surface area contributed by atoms with Crippen molar-refractivity contribution in [1.29, 1.82) is 0 Å². The second-order valence-corrected chi connectivity index (χ2v) is 4.64. The Morgan fingerprint density at radius 1 is 1.47 bits per heavy atom. The van der Waals surface area contributed by atoms with Crippen LogP contribution in [0.5, 0.6) is 0 Å². The number of allylic oxidation sites excluding steroid dienone is 1. The Labute approximate surface area is 97.0 Å². The first-order valence-electron chi connectivity index (χ1n) is 5.35. The summed E-state index contributed by atoms with van der Waals surface area (Å²) in [7, 11) is 0. The average molecular weight is 227 g/mol. The van der Waals surface area contributed by atoms with Crippen molar-refractivity contribution >= 4 is 16.6 Å². The molecule has 0 fully saturated rings. The number of aryl methyl sites for hydroxylation is 1. The standard InChI is InChI=1S/C12H19ClN2/c1-6-11(13)12-14-9(4)7-15(12)10(5)8(2)3/h6-8,10H,1-5H3/b11-6+. The molecule has 84 valence electrons. The number of rotatable bonds is 3. The van der Waals surface area contributed by atoms with E-state index in [2.05, 4.69) is 36.5 Å². The van der Waals surface area contributed by atoms with Crippen LogP contribution in [-0.2, 0) is 0 Å². The van der Waals surface area contributed by atoms with Crippen LogP contribution in [0.4, 0.5) is 0 Å². The van der Waals surface area contributed by atoms with Gasteiger partial charge in [0.1, 0.15) is 0 Å². The number of imidazole rings is 1. The van der Waals surface area contributed by atoms with E-state index >= 15 is 0 Å². The third-order valence-electron chi connectivity index (χ3n) is 2.72. The van der Waals surface area contributed by atoms with Gasteiger partial charge in [-0.25, -0.2) is 4.98 Å². The summed E-state index contributed by atoms with van der Waals surface area (Å²) in [6.07, 6.45) is 3.94. The van der Waals surface area contributed by atoms with Gasteiger partial charge in [0.25, 0.3) is 0 Å². The number of hydrogen-bond acceptors (Lipinski definition) is 1. The van der Waals surface area contributed by atoms with E-state index in [1.165, 1.54) is 0 Å². The lowest BCUT2D eigenvalue weighted by Crippen LogP contribution is -2.12. The third-order valence-corrected chi connectivity index (χ3v) is 3.11. The fourth-order valence-corrected chi connectivity index (χ4v) is 1.59. The minimum absolute atomic E-state index is 0.412. The molecule has 0 spiro atoms. The van der Waals surface area contributed by atoms with Crippen LogP contribution in [0.3, 0.4) is 0 Å². The van der Waals surface area contributed by atoms with Crippen LogP contribution in [0.1, 0.15) is 45.3 Å². The van der Waals surface area contributed by atoms with Crippen molar-refractivity contribution in [3.63, 3.8) is 0 Å². The van der Waals surface area contributed by atoms with Gasteiger partial charge in [0.2, 0.25) is 0 Å². The molecule has 1 unspecified atom stereocenters. The van der Waals surface area contributed by atoms with E-state index in [4.69, 9.17) is 11.6 Å². The Balaban J connectivity index is 3.17. The summed E-state index contributed by atoms with van der Waals surface area (Å²) in [5.41, 5.74) is 1.01. The van der Waals surface area contributed by atoms with Gasteiger partial charge in [-0.15, -0.1) is 0 Å². The highest BCUT2D eigenvalue weighted by Crippen LogP contribution is 2.25. The van der Waals surface area contributed by atoms with E-state index in [0.717, 1.165) is 16.6 Å². The topological polar surface area (TPSA) is 17.8 Å². The normalized spacial score (nSPS) is 14.7. The van der Waals surface area contributed by atoms with Crippen LogP contribution >= 0.6 is 11.6 Å². The predicted molar refractivity (Wildman–Crippen MR) is 66.0 cm³/mol. The summed E-state index contributed by atoms with van der Waals surface area (Å²) in [5.74, 6) is 1.44. The summed E-state index contributed by atoms with van der Waals surface area (Å²) in [5, 5.41) is 0.718. The molecule has 1 aromatic heterocycles. The van der Waals surface area contributed by atoms with Gasteiger partial charge in [0.05, 0.1) is 10.7 Å². The summed E-state index contributed by atoms with van der Waals surface area (Å²) in [4.78, 5) is 4.45. The lowest BCUT2D eigenvalue weighted by molar-refractivity contribution is 0.405. The molecule has 1 aromatic rings. The van der Waals surface area contributed by atoms with Gasteiger partial charge in [-0.05, 0) is 26.7 Å². The molecule has 0 amide bonds. The summed E-state index contributed by atoms with van der Waals surface area (Å²) in [6.45, 7) is 10.5. The molecule has 0 saturated heterocycles. The van der Waals surface area contributed by atoms with Crippen molar-refractivity contribution in [3.8, 4) is 0 Å². The zero-order valence-corrected chi connectivity index (χ0v) is 10.8. The third kappa shape index (κ3) is 2.63. The van der Waals surface area contributed by atoms with Crippen LogP contribution in [0, 0.1) is 12.8 Å². The molecule has 1 heterocycles. The molecule has 15 heavy (non-hydrogen) atoms. The summed E-state index contributed by atoms with van der Waals surface area (Å²) < 4.78 is 2.16. The minimum Gasteiger partial charge on any atom is -0.327 e. The van der Waals surface area contributed by atoms with Crippen LogP contribution in [0.25, 0.3) is 5.03 Å². The minimum atomic E-state index is 0.412. The van der Waals surface area contributed by atoms with E-state index in [0.29, 0.717) is 12.0 Å². The molecule has 1 atom stereocenters. The lowest BCUT2D eigenvalue weighted by Gasteiger charge is -2.19. The van der Waals surface area contributed by atoms with Crippen LogP contribution in [-0.4, -0.2) is 9.55 Å². The molecule has 0 N–H and O–H groups in total. The molecule has 0 saturated carbocycles. The van der Waals surface area contributed by atoms with E-state index in [9.17, 15) is 0 Å². The second kappa shape index (κ2) is 4.84. The zero-order chi connectivity index (χ0) is 11.6. The highest BCUT2D eigenvalue weighted by molar-refractivity contribution is 6.48. The molecular formula is C12H19ClN2. The summed E-state index contributed by atoms with van der Waals surface area (Å²) >= 11 is 6.14. The van der Waals surface area contributed by atoms with Gasteiger partial charge >= 0.3 is 0 Å². The van der Waals surface area contributed by atoms with Gasteiger partial charge in [-0.1, -0.05) is 31.5 Å². The number of aromatic nitrogens is 2. The molecule has 0 bridgehead atoms. The molecule has 0 radical (unpaired) electrons. The van der Waals surface area contributed by atoms with Crippen LogP contribution in [0.2, 0.25) is 0 Å². The number of nitrogens with zero attached hydrogens (tertiary/aromatic N) is 2. The molecule has 2 nitrogen and oxygen atoms in total.